The van der Waals surface area contributed by atoms with Gasteiger partial charge in [-0.1, -0.05) is 17.8 Å². The second-order valence-corrected chi connectivity index (χ2v) is 6.45. The molecule has 0 aromatic carbocycles. The van der Waals surface area contributed by atoms with Crippen LogP contribution in [-0.4, -0.2) is 27.8 Å². The van der Waals surface area contributed by atoms with E-state index in [2.05, 4.69) is 20.9 Å². The van der Waals surface area contributed by atoms with Gasteiger partial charge in [-0.25, -0.2) is 4.98 Å². The number of amides is 1. The van der Waals surface area contributed by atoms with Gasteiger partial charge >= 0.3 is 0 Å². The van der Waals surface area contributed by atoms with Crippen molar-refractivity contribution in [2.24, 2.45) is 0 Å². The molecule has 1 aliphatic heterocycles. The predicted octanol–water partition coefficient (Wildman–Crippen LogP) is 2.54. The molecule has 18 heavy (non-hydrogen) atoms. The van der Waals surface area contributed by atoms with Crippen molar-refractivity contribution < 1.29 is 9.59 Å². The second-order valence-electron chi connectivity index (χ2n) is 4.22. The molecular formula is C12H13BrN2O2S. The van der Waals surface area contributed by atoms with Gasteiger partial charge < -0.3 is 0 Å². The standard InChI is InChI=1S/C12H13BrN2O2S/c1-7-3-4-10(14-12(7)13)15-6-9(5-11(15)17)18-8(2)16/h3-4,9H,5-6H2,1-2H3. The number of nitrogens with zero attached hydrogens (tertiary/aromatic N) is 2. The van der Waals surface area contributed by atoms with E-state index in [-0.39, 0.29) is 16.3 Å². The van der Waals surface area contributed by atoms with Gasteiger partial charge in [0, 0.05) is 25.1 Å². The van der Waals surface area contributed by atoms with Crippen molar-refractivity contribution in [1.82, 2.24) is 4.98 Å². The molecule has 0 spiro atoms. The minimum absolute atomic E-state index is 0.0250. The number of rotatable bonds is 2. The van der Waals surface area contributed by atoms with Gasteiger partial charge in [-0.15, -0.1) is 0 Å². The molecule has 1 atom stereocenters. The molecule has 1 fully saturated rings. The van der Waals surface area contributed by atoms with Crippen molar-refractivity contribution in [2.45, 2.75) is 25.5 Å². The van der Waals surface area contributed by atoms with Gasteiger partial charge in [-0.3, -0.25) is 14.5 Å². The average molecular weight is 329 g/mol. The highest BCUT2D eigenvalue weighted by molar-refractivity contribution is 9.10. The lowest BCUT2D eigenvalue weighted by Crippen LogP contribution is -2.26. The lowest BCUT2D eigenvalue weighted by atomic mass is 10.3. The van der Waals surface area contributed by atoms with Gasteiger partial charge in [0.05, 0.1) is 0 Å². The number of halogens is 1. The van der Waals surface area contributed by atoms with Crippen LogP contribution in [0.1, 0.15) is 18.9 Å². The highest BCUT2D eigenvalue weighted by atomic mass is 79.9. The van der Waals surface area contributed by atoms with Crippen LogP contribution >= 0.6 is 27.7 Å². The summed E-state index contributed by atoms with van der Waals surface area (Å²) in [5.41, 5.74) is 1.03. The van der Waals surface area contributed by atoms with Gasteiger partial charge in [0.1, 0.15) is 10.4 Å². The monoisotopic (exact) mass is 328 g/mol. The number of thioether (sulfide) groups is 1. The molecule has 0 bridgehead atoms. The van der Waals surface area contributed by atoms with Crippen LogP contribution in [0.15, 0.2) is 16.7 Å². The average Bonchev–Trinajstić information content (AvgIpc) is 2.62. The van der Waals surface area contributed by atoms with Crippen molar-refractivity contribution >= 4 is 44.5 Å². The molecule has 4 nitrogen and oxygen atoms in total. The minimum Gasteiger partial charge on any atom is -0.296 e. The summed E-state index contributed by atoms with van der Waals surface area (Å²) >= 11 is 4.59. The highest BCUT2D eigenvalue weighted by Gasteiger charge is 2.32. The Morgan fingerprint density at radius 2 is 2.28 bits per heavy atom. The minimum atomic E-state index is 0.0250. The lowest BCUT2D eigenvalue weighted by molar-refractivity contribution is -0.117. The molecule has 1 amide bonds. The second kappa shape index (κ2) is 5.40. The van der Waals surface area contributed by atoms with Crippen molar-refractivity contribution in [3.05, 3.63) is 22.3 Å². The summed E-state index contributed by atoms with van der Waals surface area (Å²) in [4.78, 5) is 29.0. The summed E-state index contributed by atoms with van der Waals surface area (Å²) in [5.74, 6) is 0.668. The predicted molar refractivity (Wildman–Crippen MR) is 75.7 cm³/mol. The SMILES string of the molecule is CC(=O)SC1CC(=O)N(c2ccc(C)c(Br)n2)C1. The van der Waals surface area contributed by atoms with Crippen LogP contribution in [0.25, 0.3) is 0 Å². The van der Waals surface area contributed by atoms with Crippen LogP contribution < -0.4 is 4.90 Å². The molecule has 1 aromatic rings. The first-order chi connectivity index (χ1) is 8.47. The van der Waals surface area contributed by atoms with E-state index in [0.29, 0.717) is 18.8 Å². The van der Waals surface area contributed by atoms with Crippen molar-refractivity contribution in [3.8, 4) is 0 Å². The Labute approximate surface area is 118 Å². The molecule has 6 heteroatoms. The van der Waals surface area contributed by atoms with Crippen LogP contribution in [0.2, 0.25) is 0 Å². The molecule has 0 N–H and O–H groups in total. The topological polar surface area (TPSA) is 50.3 Å². The molecule has 2 rings (SSSR count). The van der Waals surface area contributed by atoms with Crippen molar-refractivity contribution in [1.29, 1.82) is 0 Å². The quantitative estimate of drug-likeness (QED) is 0.783. The fourth-order valence-corrected chi connectivity index (χ4v) is 3.09. The number of aromatic nitrogens is 1. The molecular weight excluding hydrogens is 316 g/mol. The zero-order valence-corrected chi connectivity index (χ0v) is 12.5. The van der Waals surface area contributed by atoms with Crippen molar-refractivity contribution in [2.75, 3.05) is 11.4 Å². The molecule has 0 radical (unpaired) electrons. The van der Waals surface area contributed by atoms with Gasteiger partial charge in [-0.2, -0.15) is 0 Å². The smallest absolute Gasteiger partial charge is 0.229 e. The van der Waals surface area contributed by atoms with E-state index in [1.165, 1.54) is 18.7 Å². The third-order valence-electron chi connectivity index (χ3n) is 2.72. The Hall–Kier alpha value is -0.880. The molecule has 2 heterocycles. The van der Waals surface area contributed by atoms with Crippen LogP contribution in [0, 0.1) is 6.92 Å². The van der Waals surface area contributed by atoms with E-state index in [9.17, 15) is 9.59 Å². The summed E-state index contributed by atoms with van der Waals surface area (Å²) in [6.07, 6.45) is 0.400. The number of carbonyl (C=O) groups is 2. The van der Waals surface area contributed by atoms with E-state index in [4.69, 9.17) is 0 Å². The maximum Gasteiger partial charge on any atom is 0.229 e. The molecule has 1 unspecified atom stereocenters. The largest absolute Gasteiger partial charge is 0.296 e. The molecule has 1 saturated heterocycles. The van der Waals surface area contributed by atoms with Crippen LogP contribution in [0.4, 0.5) is 5.82 Å². The fourth-order valence-electron chi connectivity index (χ4n) is 1.85. The maximum absolute atomic E-state index is 11.9. The van der Waals surface area contributed by atoms with E-state index in [1.807, 2.05) is 19.1 Å². The third kappa shape index (κ3) is 2.92. The zero-order chi connectivity index (χ0) is 13.3. The van der Waals surface area contributed by atoms with E-state index < -0.39 is 0 Å². The Kier molecular flexibility index (Phi) is 4.07. The molecule has 0 aliphatic carbocycles. The van der Waals surface area contributed by atoms with Crippen LogP contribution in [0.3, 0.4) is 0 Å². The van der Waals surface area contributed by atoms with Gasteiger partial charge in [-0.05, 0) is 34.5 Å². The van der Waals surface area contributed by atoms with E-state index in [1.54, 1.807) is 4.90 Å². The van der Waals surface area contributed by atoms with Gasteiger partial charge in [0.2, 0.25) is 5.91 Å². The summed E-state index contributed by atoms with van der Waals surface area (Å²) in [6.45, 7) is 4.02. The summed E-state index contributed by atoms with van der Waals surface area (Å²) in [6, 6.07) is 3.75. The number of hydrogen-bond acceptors (Lipinski definition) is 4. The Bertz CT molecular complexity index is 507. The van der Waals surface area contributed by atoms with Crippen LogP contribution in [-0.2, 0) is 9.59 Å². The van der Waals surface area contributed by atoms with Gasteiger partial charge in [0.15, 0.2) is 5.12 Å². The first-order valence-electron chi connectivity index (χ1n) is 5.58. The lowest BCUT2D eigenvalue weighted by Gasteiger charge is -2.15. The summed E-state index contributed by atoms with van der Waals surface area (Å²) in [7, 11) is 0. The maximum atomic E-state index is 11.9. The Morgan fingerprint density at radius 1 is 1.56 bits per heavy atom. The normalized spacial score (nSPS) is 19.4. The number of hydrogen-bond donors (Lipinski definition) is 0. The fraction of sp³-hybridized carbons (Fsp3) is 0.417. The first kappa shape index (κ1) is 13.5. The third-order valence-corrected chi connectivity index (χ3v) is 4.50. The Balaban J connectivity index is 2.16. The van der Waals surface area contributed by atoms with Crippen LogP contribution in [0.5, 0.6) is 0 Å². The Morgan fingerprint density at radius 3 is 2.89 bits per heavy atom. The number of anilines is 1. The van der Waals surface area contributed by atoms with E-state index in [0.717, 1.165) is 10.2 Å². The number of aryl methyl sites for hydroxylation is 1. The summed E-state index contributed by atoms with van der Waals surface area (Å²) < 4.78 is 0.746. The first-order valence-corrected chi connectivity index (χ1v) is 7.25. The molecule has 1 aliphatic rings. The number of pyridine rings is 1. The van der Waals surface area contributed by atoms with Crippen molar-refractivity contribution in [3.63, 3.8) is 0 Å². The van der Waals surface area contributed by atoms with E-state index >= 15 is 0 Å². The molecule has 1 aromatic heterocycles. The molecule has 96 valence electrons. The molecule has 0 saturated carbocycles. The highest BCUT2D eigenvalue weighted by Crippen LogP contribution is 2.28. The summed E-state index contributed by atoms with van der Waals surface area (Å²) in [5, 5.41) is 0.0876. The van der Waals surface area contributed by atoms with Gasteiger partial charge in [0.25, 0.3) is 0 Å². The zero-order valence-electron chi connectivity index (χ0n) is 10.1. The number of carbonyl (C=O) groups excluding carboxylic acids is 2.